The highest BCUT2D eigenvalue weighted by atomic mass is 19.4. The Morgan fingerprint density at radius 1 is 0.448 bits per heavy atom. The van der Waals surface area contributed by atoms with Gasteiger partial charge in [-0.1, -0.05) is 0 Å². The lowest BCUT2D eigenvalue weighted by Gasteiger charge is -2.36. The van der Waals surface area contributed by atoms with Crippen LogP contribution in [0.3, 0.4) is 0 Å². The number of alkyl halides is 12. The van der Waals surface area contributed by atoms with E-state index in [1.807, 2.05) is 9.47 Å². The summed E-state index contributed by atoms with van der Waals surface area (Å²) in [5, 5.41) is 0. The maximum atomic E-state index is 13.3. The third-order valence-electron chi connectivity index (χ3n) is 2.35. The van der Waals surface area contributed by atoms with Gasteiger partial charge in [0, 0.05) is 0 Å². The Kier molecular flexibility index (Phi) is 7.65. The fourth-order valence-corrected chi connectivity index (χ4v) is 1.37. The van der Waals surface area contributed by atoms with Crippen LogP contribution in [0.25, 0.3) is 0 Å². The molecule has 0 amide bonds. The molecule has 0 heterocycles. The van der Waals surface area contributed by atoms with Crippen LogP contribution in [0, 0.1) is 0 Å². The zero-order chi connectivity index (χ0) is 23.9. The molecule has 16 heteroatoms. The summed E-state index contributed by atoms with van der Waals surface area (Å²) in [6.45, 7) is 3.66. The molecular formula is C13H16F12O4. The molecule has 4 nitrogen and oxygen atoms in total. The van der Waals surface area contributed by atoms with Gasteiger partial charge in [0.1, 0.15) is 0 Å². The highest BCUT2D eigenvalue weighted by molar-refractivity contribution is 4.79. The highest BCUT2D eigenvalue weighted by Crippen LogP contribution is 2.50. The van der Waals surface area contributed by atoms with Gasteiger partial charge >= 0.3 is 36.7 Å². The first-order valence-electron chi connectivity index (χ1n) is 7.34. The van der Waals surface area contributed by atoms with Crippen LogP contribution < -0.4 is 0 Å². The van der Waals surface area contributed by atoms with Crippen molar-refractivity contribution in [1.82, 2.24) is 0 Å². The topological polar surface area (TPSA) is 36.9 Å². The second-order valence-electron chi connectivity index (χ2n) is 6.69. The smallest absolute Gasteiger partial charge is 0.311 e. The van der Waals surface area contributed by atoms with E-state index >= 15 is 0 Å². The second kappa shape index (κ2) is 7.92. The van der Waals surface area contributed by atoms with Gasteiger partial charge in [0.05, 0.1) is 11.7 Å². The Balaban J connectivity index is 5.71. The van der Waals surface area contributed by atoms with Crippen molar-refractivity contribution in [2.75, 3.05) is 0 Å². The van der Waals surface area contributed by atoms with Gasteiger partial charge in [0.25, 0.3) is 0 Å². The van der Waals surface area contributed by atoms with Crippen molar-refractivity contribution < 1.29 is 71.6 Å². The van der Waals surface area contributed by atoms with Crippen LogP contribution in [0.4, 0.5) is 52.7 Å². The summed E-state index contributed by atoms with van der Waals surface area (Å²) < 4.78 is 169. The van der Waals surface area contributed by atoms with E-state index in [0.29, 0.717) is 0 Å². The SMILES string of the molecule is CC(C)OC(F)(F)C(F)(F)OC(F)(F)C(F)(F)OC(F)(F)C(F)(F)OC(C)(C)C. The predicted molar refractivity (Wildman–Crippen MR) is 68.9 cm³/mol. The Bertz CT molecular complexity index is 556. The van der Waals surface area contributed by atoms with E-state index < -0.39 is 48.4 Å². The van der Waals surface area contributed by atoms with Crippen molar-refractivity contribution >= 4 is 0 Å². The standard InChI is InChI=1S/C13H16F12O4/c1-6(2)26-8(14,15)9(16,17)28-12(22,23)13(24,25)29-11(20,21)10(18,19)27-7(3,4)5/h6H,1-5H3. The minimum absolute atomic E-state index is 0.720. The Hall–Kier alpha value is -1.00. The Morgan fingerprint density at radius 3 is 0.931 bits per heavy atom. The van der Waals surface area contributed by atoms with Crippen molar-refractivity contribution in [3.05, 3.63) is 0 Å². The van der Waals surface area contributed by atoms with Crippen molar-refractivity contribution in [3.63, 3.8) is 0 Å². The maximum absolute atomic E-state index is 13.3. The normalized spacial score (nSPS) is 15.9. The average Bonchev–Trinajstić information content (AvgIpc) is 2.30. The van der Waals surface area contributed by atoms with Crippen LogP contribution in [0.15, 0.2) is 0 Å². The lowest BCUT2D eigenvalue weighted by molar-refractivity contribution is -0.566. The summed E-state index contributed by atoms with van der Waals surface area (Å²) in [7, 11) is 0. The average molecular weight is 464 g/mol. The van der Waals surface area contributed by atoms with Gasteiger partial charge in [0.2, 0.25) is 0 Å². The van der Waals surface area contributed by atoms with E-state index in [2.05, 4.69) is 9.47 Å². The third-order valence-corrected chi connectivity index (χ3v) is 2.35. The van der Waals surface area contributed by atoms with Crippen LogP contribution in [0.5, 0.6) is 0 Å². The molecular weight excluding hydrogens is 448 g/mol. The maximum Gasteiger partial charge on any atom is 0.453 e. The first-order valence-corrected chi connectivity index (χ1v) is 7.34. The van der Waals surface area contributed by atoms with Crippen LogP contribution in [-0.2, 0) is 18.9 Å². The molecule has 0 bridgehead atoms. The molecule has 176 valence electrons. The summed E-state index contributed by atoms with van der Waals surface area (Å²) in [5.41, 5.74) is -2.14. The highest BCUT2D eigenvalue weighted by Gasteiger charge is 2.75. The molecule has 0 N–H and O–H groups in total. The summed E-state index contributed by atoms with van der Waals surface area (Å²) in [5.74, 6) is 0. The molecule has 0 spiro atoms. The number of hydrogen-bond donors (Lipinski definition) is 0. The number of ether oxygens (including phenoxy) is 4. The van der Waals surface area contributed by atoms with E-state index in [1.165, 1.54) is 0 Å². The lowest BCUT2D eigenvalue weighted by atomic mass is 10.2. The summed E-state index contributed by atoms with van der Waals surface area (Å²) in [6, 6.07) is 0. The van der Waals surface area contributed by atoms with Gasteiger partial charge in [-0.25, -0.2) is 9.47 Å². The van der Waals surface area contributed by atoms with Crippen molar-refractivity contribution in [3.8, 4) is 0 Å². The molecule has 0 aliphatic rings. The Morgan fingerprint density at radius 2 is 0.690 bits per heavy atom. The molecule has 0 aliphatic carbocycles. The molecule has 0 radical (unpaired) electrons. The first-order chi connectivity index (χ1) is 12.3. The van der Waals surface area contributed by atoms with Crippen LogP contribution in [0.2, 0.25) is 0 Å². The molecule has 0 aliphatic heterocycles. The molecule has 29 heavy (non-hydrogen) atoms. The Labute approximate surface area is 156 Å². The number of hydrogen-bond acceptors (Lipinski definition) is 4. The monoisotopic (exact) mass is 464 g/mol. The molecule has 0 unspecified atom stereocenters. The van der Waals surface area contributed by atoms with Gasteiger partial charge in [-0.05, 0) is 34.6 Å². The van der Waals surface area contributed by atoms with Crippen LogP contribution >= 0.6 is 0 Å². The summed E-state index contributed by atoms with van der Waals surface area (Å²) in [4.78, 5) is 0. The zero-order valence-corrected chi connectivity index (χ0v) is 15.2. The van der Waals surface area contributed by atoms with Crippen molar-refractivity contribution in [1.29, 1.82) is 0 Å². The third kappa shape index (κ3) is 7.03. The van der Waals surface area contributed by atoms with E-state index in [4.69, 9.17) is 0 Å². The molecule has 0 saturated heterocycles. The van der Waals surface area contributed by atoms with Crippen molar-refractivity contribution in [2.24, 2.45) is 0 Å². The molecule has 0 fully saturated rings. The molecule has 0 saturated carbocycles. The van der Waals surface area contributed by atoms with Gasteiger partial charge < -0.3 is 9.47 Å². The number of halogens is 12. The molecule has 0 aromatic carbocycles. The van der Waals surface area contributed by atoms with E-state index in [-0.39, 0.29) is 0 Å². The first kappa shape index (κ1) is 28.0. The fourth-order valence-electron chi connectivity index (χ4n) is 1.37. The van der Waals surface area contributed by atoms with E-state index in [1.54, 1.807) is 0 Å². The fraction of sp³-hybridized carbons (Fsp3) is 1.00. The predicted octanol–water partition coefficient (Wildman–Crippen LogP) is 5.82. The molecule has 0 rings (SSSR count). The van der Waals surface area contributed by atoms with Crippen LogP contribution in [-0.4, -0.2) is 48.4 Å². The largest absolute Gasteiger partial charge is 0.453 e. The van der Waals surface area contributed by atoms with Crippen molar-refractivity contribution in [2.45, 2.75) is 83.0 Å². The summed E-state index contributed by atoms with van der Waals surface area (Å²) in [6.07, 6.45) is -40.7. The second-order valence-corrected chi connectivity index (χ2v) is 6.69. The minimum atomic E-state index is -6.96. The lowest BCUT2D eigenvalue weighted by Crippen LogP contribution is -2.59. The molecule has 0 aromatic rings. The quantitative estimate of drug-likeness (QED) is 0.382. The minimum Gasteiger partial charge on any atom is -0.311 e. The van der Waals surface area contributed by atoms with E-state index in [9.17, 15) is 52.7 Å². The van der Waals surface area contributed by atoms with Crippen LogP contribution in [0.1, 0.15) is 34.6 Å². The van der Waals surface area contributed by atoms with Gasteiger partial charge in [-0.15, -0.1) is 0 Å². The molecule has 0 atom stereocenters. The van der Waals surface area contributed by atoms with E-state index in [0.717, 1.165) is 34.6 Å². The van der Waals surface area contributed by atoms with Gasteiger partial charge in [-0.3, -0.25) is 0 Å². The zero-order valence-electron chi connectivity index (χ0n) is 15.2. The van der Waals surface area contributed by atoms with Gasteiger partial charge in [0.15, 0.2) is 0 Å². The number of rotatable bonds is 10. The van der Waals surface area contributed by atoms with Gasteiger partial charge in [-0.2, -0.15) is 52.7 Å². The summed E-state index contributed by atoms with van der Waals surface area (Å²) >= 11 is 0. The molecule has 0 aromatic heterocycles.